The Morgan fingerprint density at radius 2 is 1.44 bits per heavy atom. The molecule has 0 aromatic carbocycles. The van der Waals surface area contributed by atoms with Crippen molar-refractivity contribution in [3.63, 3.8) is 0 Å². The van der Waals surface area contributed by atoms with Crippen molar-refractivity contribution in [2.24, 2.45) is 5.92 Å². The van der Waals surface area contributed by atoms with Gasteiger partial charge in [0.15, 0.2) is 0 Å². The zero-order valence-corrected chi connectivity index (χ0v) is 11.3. The monoisotopic (exact) mass is 226 g/mol. The van der Waals surface area contributed by atoms with Crippen molar-refractivity contribution in [2.75, 3.05) is 0 Å². The molecule has 0 heterocycles. The SMILES string of the molecule is CCCCCC(C)CCCCCCCC=O. The summed E-state index contributed by atoms with van der Waals surface area (Å²) < 4.78 is 0. The van der Waals surface area contributed by atoms with Crippen LogP contribution in [0.15, 0.2) is 0 Å². The van der Waals surface area contributed by atoms with Crippen molar-refractivity contribution in [3.8, 4) is 0 Å². The third-order valence-corrected chi connectivity index (χ3v) is 3.32. The molecule has 0 aliphatic rings. The van der Waals surface area contributed by atoms with E-state index in [2.05, 4.69) is 13.8 Å². The third-order valence-electron chi connectivity index (χ3n) is 3.32. The summed E-state index contributed by atoms with van der Waals surface area (Å²) in [5.74, 6) is 0.918. The second-order valence-corrected chi connectivity index (χ2v) is 5.11. The van der Waals surface area contributed by atoms with Crippen molar-refractivity contribution in [1.82, 2.24) is 0 Å². The van der Waals surface area contributed by atoms with Crippen LogP contribution in [0.25, 0.3) is 0 Å². The minimum Gasteiger partial charge on any atom is -0.303 e. The Kier molecular flexibility index (Phi) is 12.5. The van der Waals surface area contributed by atoms with Gasteiger partial charge < -0.3 is 4.79 Å². The van der Waals surface area contributed by atoms with E-state index in [0.717, 1.165) is 25.0 Å². The van der Waals surface area contributed by atoms with Gasteiger partial charge in [-0.2, -0.15) is 0 Å². The van der Waals surface area contributed by atoms with Gasteiger partial charge in [0.2, 0.25) is 0 Å². The molecule has 0 amide bonds. The van der Waals surface area contributed by atoms with E-state index < -0.39 is 0 Å². The lowest BCUT2D eigenvalue weighted by Gasteiger charge is -2.10. The minimum absolute atomic E-state index is 0.757. The van der Waals surface area contributed by atoms with Crippen LogP contribution >= 0.6 is 0 Å². The van der Waals surface area contributed by atoms with Crippen molar-refractivity contribution < 1.29 is 4.79 Å². The molecule has 1 unspecified atom stereocenters. The molecule has 0 saturated heterocycles. The molecule has 0 rings (SSSR count). The number of hydrogen-bond acceptors (Lipinski definition) is 1. The maximum Gasteiger partial charge on any atom is 0.119 e. The maximum atomic E-state index is 10.1. The summed E-state index contributed by atoms with van der Waals surface area (Å²) in [5, 5.41) is 0. The Bertz CT molecular complexity index is 142. The zero-order chi connectivity index (χ0) is 12.1. The van der Waals surface area contributed by atoms with Crippen LogP contribution in [0.5, 0.6) is 0 Å². The average molecular weight is 226 g/mol. The van der Waals surface area contributed by atoms with E-state index in [9.17, 15) is 4.79 Å². The quantitative estimate of drug-likeness (QED) is 0.333. The lowest BCUT2D eigenvalue weighted by molar-refractivity contribution is -0.107. The smallest absolute Gasteiger partial charge is 0.119 e. The number of carbonyl (C=O) groups is 1. The average Bonchev–Trinajstić information content (AvgIpc) is 2.28. The fourth-order valence-electron chi connectivity index (χ4n) is 2.14. The van der Waals surface area contributed by atoms with Gasteiger partial charge in [0, 0.05) is 6.42 Å². The molecule has 0 fully saturated rings. The highest BCUT2D eigenvalue weighted by Crippen LogP contribution is 2.17. The summed E-state index contributed by atoms with van der Waals surface area (Å²) in [6.07, 6.45) is 15.1. The van der Waals surface area contributed by atoms with Gasteiger partial charge in [-0.1, -0.05) is 71.6 Å². The summed E-state index contributed by atoms with van der Waals surface area (Å²) in [5.41, 5.74) is 0. The van der Waals surface area contributed by atoms with Crippen LogP contribution in [0.3, 0.4) is 0 Å². The molecule has 0 aliphatic heterocycles. The van der Waals surface area contributed by atoms with Gasteiger partial charge in [-0.25, -0.2) is 0 Å². The first-order valence-corrected chi connectivity index (χ1v) is 7.24. The van der Waals surface area contributed by atoms with Crippen molar-refractivity contribution in [1.29, 1.82) is 0 Å². The molecule has 0 aromatic rings. The van der Waals surface area contributed by atoms with E-state index in [-0.39, 0.29) is 0 Å². The molecule has 16 heavy (non-hydrogen) atoms. The first-order chi connectivity index (χ1) is 7.81. The molecule has 1 atom stereocenters. The number of carbonyl (C=O) groups excluding carboxylic acids is 1. The third kappa shape index (κ3) is 11.7. The van der Waals surface area contributed by atoms with E-state index in [1.54, 1.807) is 0 Å². The van der Waals surface area contributed by atoms with E-state index in [4.69, 9.17) is 0 Å². The van der Waals surface area contributed by atoms with Crippen LogP contribution in [0.1, 0.15) is 84.5 Å². The number of aldehydes is 1. The Balaban J connectivity index is 3.08. The van der Waals surface area contributed by atoms with Crippen LogP contribution in [0.4, 0.5) is 0 Å². The standard InChI is InChI=1S/C15H30O/c1-3-4-9-12-15(2)13-10-7-5-6-8-11-14-16/h14-15H,3-13H2,1-2H3. The zero-order valence-electron chi connectivity index (χ0n) is 11.3. The first-order valence-electron chi connectivity index (χ1n) is 7.24. The van der Waals surface area contributed by atoms with E-state index in [0.29, 0.717) is 0 Å². The minimum atomic E-state index is 0.757. The largest absolute Gasteiger partial charge is 0.303 e. The highest BCUT2D eigenvalue weighted by atomic mass is 16.1. The molecule has 0 aromatic heterocycles. The topological polar surface area (TPSA) is 17.1 Å². The summed E-state index contributed by atoms with van der Waals surface area (Å²) in [4.78, 5) is 10.1. The lowest BCUT2D eigenvalue weighted by atomic mass is 9.96. The normalized spacial score (nSPS) is 12.6. The molecule has 1 nitrogen and oxygen atoms in total. The van der Waals surface area contributed by atoms with E-state index >= 15 is 0 Å². The Morgan fingerprint density at radius 3 is 2.06 bits per heavy atom. The lowest BCUT2D eigenvalue weighted by Crippen LogP contribution is -1.94. The highest BCUT2D eigenvalue weighted by Gasteiger charge is 2.01. The molecule has 0 bridgehead atoms. The Labute approximate surface area is 102 Å². The molecular formula is C15H30O. The summed E-state index contributed by atoms with van der Waals surface area (Å²) in [6.45, 7) is 4.66. The molecule has 96 valence electrons. The summed E-state index contributed by atoms with van der Waals surface area (Å²) in [6, 6.07) is 0. The van der Waals surface area contributed by atoms with Crippen LogP contribution in [-0.2, 0) is 4.79 Å². The first kappa shape index (κ1) is 15.7. The Morgan fingerprint density at radius 1 is 0.875 bits per heavy atom. The van der Waals surface area contributed by atoms with Crippen LogP contribution in [0, 0.1) is 5.92 Å². The van der Waals surface area contributed by atoms with Gasteiger partial charge in [0.1, 0.15) is 6.29 Å². The van der Waals surface area contributed by atoms with Gasteiger partial charge >= 0.3 is 0 Å². The fraction of sp³-hybridized carbons (Fsp3) is 0.933. The predicted octanol–water partition coefficient (Wildman–Crippen LogP) is 5.13. The molecule has 0 saturated carbocycles. The van der Waals surface area contributed by atoms with E-state index in [1.165, 1.54) is 57.8 Å². The second kappa shape index (κ2) is 12.7. The van der Waals surface area contributed by atoms with Gasteiger partial charge in [-0.05, 0) is 12.3 Å². The second-order valence-electron chi connectivity index (χ2n) is 5.11. The van der Waals surface area contributed by atoms with E-state index in [1.807, 2.05) is 0 Å². The summed E-state index contributed by atoms with van der Waals surface area (Å²) in [7, 11) is 0. The number of rotatable bonds is 12. The molecular weight excluding hydrogens is 196 g/mol. The molecule has 1 heteroatoms. The molecule has 0 aliphatic carbocycles. The van der Waals surface area contributed by atoms with Gasteiger partial charge in [0.25, 0.3) is 0 Å². The molecule has 0 radical (unpaired) electrons. The van der Waals surface area contributed by atoms with Crippen LogP contribution < -0.4 is 0 Å². The van der Waals surface area contributed by atoms with Gasteiger partial charge in [0.05, 0.1) is 0 Å². The van der Waals surface area contributed by atoms with Gasteiger partial charge in [-0.15, -0.1) is 0 Å². The molecule has 0 spiro atoms. The van der Waals surface area contributed by atoms with Gasteiger partial charge in [-0.3, -0.25) is 0 Å². The van der Waals surface area contributed by atoms with Crippen molar-refractivity contribution in [2.45, 2.75) is 84.5 Å². The number of hydrogen-bond donors (Lipinski definition) is 0. The Hall–Kier alpha value is -0.330. The molecule has 0 N–H and O–H groups in total. The van der Waals surface area contributed by atoms with Crippen LogP contribution in [-0.4, -0.2) is 6.29 Å². The maximum absolute atomic E-state index is 10.1. The predicted molar refractivity (Wildman–Crippen MR) is 71.7 cm³/mol. The summed E-state index contributed by atoms with van der Waals surface area (Å²) >= 11 is 0. The van der Waals surface area contributed by atoms with Crippen molar-refractivity contribution >= 4 is 6.29 Å². The highest BCUT2D eigenvalue weighted by molar-refractivity contribution is 5.48. The fourth-order valence-corrected chi connectivity index (χ4v) is 2.14. The van der Waals surface area contributed by atoms with Crippen molar-refractivity contribution in [3.05, 3.63) is 0 Å². The number of unbranched alkanes of at least 4 members (excludes halogenated alkanes) is 7. The van der Waals surface area contributed by atoms with Crippen LogP contribution in [0.2, 0.25) is 0 Å².